The number of amides is 1. The minimum Gasteiger partial charge on any atom is -0.496 e. The van der Waals surface area contributed by atoms with Crippen LogP contribution in [0.3, 0.4) is 0 Å². The van der Waals surface area contributed by atoms with Gasteiger partial charge in [0, 0.05) is 23.5 Å². The lowest BCUT2D eigenvalue weighted by Crippen LogP contribution is -2.13. The van der Waals surface area contributed by atoms with Gasteiger partial charge in [-0.3, -0.25) is 4.79 Å². The fraction of sp³-hybridized carbons (Fsp3) is 0.316. The molecule has 0 unspecified atom stereocenters. The van der Waals surface area contributed by atoms with Gasteiger partial charge in [0.05, 0.1) is 12.7 Å². The second-order valence-corrected chi connectivity index (χ2v) is 5.58. The van der Waals surface area contributed by atoms with Gasteiger partial charge in [-0.15, -0.1) is 6.58 Å². The van der Waals surface area contributed by atoms with Crippen molar-refractivity contribution in [3.05, 3.63) is 53.4 Å². The third kappa shape index (κ3) is 2.89. The first-order chi connectivity index (χ1) is 11.0. The Bertz CT molecular complexity index is 757. The van der Waals surface area contributed by atoms with E-state index >= 15 is 0 Å². The summed E-state index contributed by atoms with van der Waals surface area (Å²) in [5.74, 6) is 0.429. The Kier molecular flexibility index (Phi) is 4.94. The van der Waals surface area contributed by atoms with Crippen LogP contribution in [0.2, 0.25) is 0 Å². The average molecular weight is 312 g/mol. The monoisotopic (exact) mass is 312 g/mol. The number of carbonyl (C=O) groups excluding carboxylic acids is 1. The molecule has 23 heavy (non-hydrogen) atoms. The zero-order valence-electron chi connectivity index (χ0n) is 14.3. The van der Waals surface area contributed by atoms with Gasteiger partial charge in [-0.05, 0) is 43.5 Å². The number of benzene rings is 1. The van der Waals surface area contributed by atoms with Gasteiger partial charge in [-0.25, -0.2) is 0 Å². The van der Waals surface area contributed by atoms with E-state index in [1.54, 1.807) is 7.11 Å². The third-order valence-corrected chi connectivity index (χ3v) is 4.21. The van der Waals surface area contributed by atoms with Crippen molar-refractivity contribution in [3.63, 3.8) is 0 Å². The molecular weight excluding hydrogens is 288 g/mol. The van der Waals surface area contributed by atoms with Gasteiger partial charge in [0.1, 0.15) is 5.75 Å². The summed E-state index contributed by atoms with van der Waals surface area (Å²) in [4.78, 5) is 12.1. The van der Waals surface area contributed by atoms with E-state index in [9.17, 15) is 4.79 Å². The number of methoxy groups -OCH3 is 1. The van der Waals surface area contributed by atoms with E-state index in [0.29, 0.717) is 12.1 Å². The molecular formula is C19H24N2O2. The molecule has 1 heterocycles. The van der Waals surface area contributed by atoms with Crippen molar-refractivity contribution in [2.45, 2.75) is 33.7 Å². The SMILES string of the molecule is C=CCn1c(C)c(C(N)=O)c(-c2ccc(OC)c(C)c2)c1CC. The Morgan fingerprint density at radius 1 is 1.39 bits per heavy atom. The molecule has 0 aliphatic rings. The molecule has 0 bridgehead atoms. The maximum atomic E-state index is 12.1. The summed E-state index contributed by atoms with van der Waals surface area (Å²) in [6.45, 7) is 10.5. The van der Waals surface area contributed by atoms with Crippen molar-refractivity contribution in [1.82, 2.24) is 4.57 Å². The molecule has 0 aliphatic heterocycles. The molecule has 4 heteroatoms. The molecule has 2 N–H and O–H groups in total. The maximum absolute atomic E-state index is 12.1. The van der Waals surface area contributed by atoms with Crippen molar-refractivity contribution in [2.75, 3.05) is 7.11 Å². The molecule has 122 valence electrons. The Hall–Kier alpha value is -2.49. The molecule has 0 fully saturated rings. The molecule has 2 rings (SSSR count). The average Bonchev–Trinajstić information content (AvgIpc) is 2.80. The van der Waals surface area contributed by atoms with Crippen LogP contribution >= 0.6 is 0 Å². The minimum absolute atomic E-state index is 0.400. The minimum atomic E-state index is -0.400. The Morgan fingerprint density at radius 3 is 2.57 bits per heavy atom. The van der Waals surface area contributed by atoms with Crippen LogP contribution in [0.5, 0.6) is 5.75 Å². The zero-order chi connectivity index (χ0) is 17.1. The summed E-state index contributed by atoms with van der Waals surface area (Å²) in [5.41, 5.74) is 11.2. The van der Waals surface area contributed by atoms with Crippen molar-refractivity contribution < 1.29 is 9.53 Å². The lowest BCUT2D eigenvalue weighted by Gasteiger charge is -2.11. The predicted octanol–water partition coefficient (Wildman–Crippen LogP) is 3.63. The highest BCUT2D eigenvalue weighted by Gasteiger charge is 2.23. The van der Waals surface area contributed by atoms with Crippen LogP contribution in [0.15, 0.2) is 30.9 Å². The number of nitrogens with zero attached hydrogens (tertiary/aromatic N) is 1. The van der Waals surface area contributed by atoms with Gasteiger partial charge in [-0.2, -0.15) is 0 Å². The molecule has 0 atom stereocenters. The summed E-state index contributed by atoms with van der Waals surface area (Å²) in [6, 6.07) is 5.94. The molecule has 0 saturated carbocycles. The molecule has 0 radical (unpaired) electrons. The number of primary amides is 1. The van der Waals surface area contributed by atoms with Crippen LogP contribution in [0.4, 0.5) is 0 Å². The number of rotatable bonds is 6. The fourth-order valence-electron chi connectivity index (χ4n) is 3.19. The number of ether oxygens (including phenoxy) is 1. The van der Waals surface area contributed by atoms with E-state index in [1.807, 2.05) is 38.1 Å². The smallest absolute Gasteiger partial charge is 0.251 e. The van der Waals surface area contributed by atoms with Crippen LogP contribution in [0.25, 0.3) is 11.1 Å². The quantitative estimate of drug-likeness (QED) is 0.828. The highest BCUT2D eigenvalue weighted by Crippen LogP contribution is 2.35. The van der Waals surface area contributed by atoms with Gasteiger partial charge < -0.3 is 15.0 Å². The van der Waals surface area contributed by atoms with E-state index in [2.05, 4.69) is 18.1 Å². The summed E-state index contributed by atoms with van der Waals surface area (Å²) in [6.07, 6.45) is 2.64. The van der Waals surface area contributed by atoms with E-state index in [1.165, 1.54) is 0 Å². The van der Waals surface area contributed by atoms with Crippen LogP contribution in [-0.4, -0.2) is 17.6 Å². The first kappa shape index (κ1) is 16.9. The summed E-state index contributed by atoms with van der Waals surface area (Å²) >= 11 is 0. The van der Waals surface area contributed by atoms with Gasteiger partial charge in [-0.1, -0.05) is 19.1 Å². The Morgan fingerprint density at radius 2 is 2.09 bits per heavy atom. The highest BCUT2D eigenvalue weighted by molar-refractivity contribution is 6.02. The summed E-state index contributed by atoms with van der Waals surface area (Å²) in [7, 11) is 1.65. The zero-order valence-corrected chi connectivity index (χ0v) is 14.3. The molecule has 0 saturated heterocycles. The van der Waals surface area contributed by atoms with E-state index in [4.69, 9.17) is 10.5 Å². The highest BCUT2D eigenvalue weighted by atomic mass is 16.5. The number of hydrogen-bond donors (Lipinski definition) is 1. The normalized spacial score (nSPS) is 10.6. The number of aromatic nitrogens is 1. The second-order valence-electron chi connectivity index (χ2n) is 5.58. The van der Waals surface area contributed by atoms with Crippen LogP contribution < -0.4 is 10.5 Å². The lowest BCUT2D eigenvalue weighted by atomic mass is 9.97. The van der Waals surface area contributed by atoms with Gasteiger partial charge in [0.25, 0.3) is 5.91 Å². The van der Waals surface area contributed by atoms with E-state index < -0.39 is 5.91 Å². The number of hydrogen-bond acceptors (Lipinski definition) is 2. The molecule has 4 nitrogen and oxygen atoms in total. The van der Waals surface area contributed by atoms with Crippen molar-refractivity contribution in [3.8, 4) is 16.9 Å². The second kappa shape index (κ2) is 6.73. The number of allylic oxidation sites excluding steroid dienone is 1. The predicted molar refractivity (Wildman–Crippen MR) is 94.0 cm³/mol. The molecule has 0 aliphatic carbocycles. The van der Waals surface area contributed by atoms with Crippen molar-refractivity contribution in [2.24, 2.45) is 5.73 Å². The first-order valence-electron chi connectivity index (χ1n) is 7.73. The topological polar surface area (TPSA) is 57.2 Å². The van der Waals surface area contributed by atoms with Crippen LogP contribution in [0, 0.1) is 13.8 Å². The molecule has 1 aromatic heterocycles. The molecule has 1 amide bonds. The summed E-state index contributed by atoms with van der Waals surface area (Å²) in [5, 5.41) is 0. The van der Waals surface area contributed by atoms with E-state index in [0.717, 1.165) is 40.2 Å². The van der Waals surface area contributed by atoms with Crippen molar-refractivity contribution in [1.29, 1.82) is 0 Å². The van der Waals surface area contributed by atoms with E-state index in [-0.39, 0.29) is 0 Å². The van der Waals surface area contributed by atoms with Gasteiger partial charge in [0.2, 0.25) is 0 Å². The third-order valence-electron chi connectivity index (χ3n) is 4.21. The standard InChI is InChI=1S/C19H24N2O2/c1-6-10-21-13(4)17(19(20)22)18(15(21)7-2)14-8-9-16(23-5)12(3)11-14/h6,8-9,11H,1,7,10H2,2-5H3,(H2,20,22). The number of aryl methyl sites for hydroxylation is 1. The van der Waals surface area contributed by atoms with Gasteiger partial charge >= 0.3 is 0 Å². The number of nitrogens with two attached hydrogens (primary N) is 1. The lowest BCUT2D eigenvalue weighted by molar-refractivity contribution is 0.1000. The molecule has 1 aromatic carbocycles. The first-order valence-corrected chi connectivity index (χ1v) is 7.73. The molecule has 2 aromatic rings. The maximum Gasteiger partial charge on any atom is 0.251 e. The fourth-order valence-corrected chi connectivity index (χ4v) is 3.19. The van der Waals surface area contributed by atoms with Crippen LogP contribution in [-0.2, 0) is 13.0 Å². The number of carbonyl (C=O) groups is 1. The van der Waals surface area contributed by atoms with Crippen LogP contribution in [0.1, 0.15) is 34.2 Å². The van der Waals surface area contributed by atoms with Gasteiger partial charge in [0.15, 0.2) is 0 Å². The summed E-state index contributed by atoms with van der Waals surface area (Å²) < 4.78 is 7.44. The molecule has 0 spiro atoms. The Labute approximate surface area is 137 Å². The van der Waals surface area contributed by atoms with Crippen molar-refractivity contribution >= 4 is 5.91 Å². The Balaban J connectivity index is 2.78. The largest absolute Gasteiger partial charge is 0.496 e.